The molecular weight excluding hydrogens is 517 g/mol. The van der Waals surface area contributed by atoms with E-state index in [-0.39, 0.29) is 18.9 Å². The molecule has 39 heavy (non-hydrogen) atoms. The highest BCUT2D eigenvalue weighted by atomic mass is 35.5. The van der Waals surface area contributed by atoms with Gasteiger partial charge in [-0.15, -0.1) is 0 Å². The molecule has 0 bridgehead atoms. The van der Waals surface area contributed by atoms with Crippen molar-refractivity contribution < 1.29 is 14.3 Å². The molecule has 2 unspecified atom stereocenters. The second-order valence-corrected chi connectivity index (χ2v) is 10.8. The molecule has 1 aromatic heterocycles. The Hall–Kier alpha value is -3.01. The van der Waals surface area contributed by atoms with E-state index in [1.54, 1.807) is 0 Å². The van der Waals surface area contributed by atoms with Crippen LogP contribution in [0.2, 0.25) is 5.02 Å². The van der Waals surface area contributed by atoms with Gasteiger partial charge in [0.2, 0.25) is 5.91 Å². The fourth-order valence-electron chi connectivity index (χ4n) is 5.25. The summed E-state index contributed by atoms with van der Waals surface area (Å²) in [5.41, 5.74) is 3.12. The Morgan fingerprint density at radius 1 is 1.05 bits per heavy atom. The number of hydrogen-bond acceptors (Lipinski definition) is 5. The lowest BCUT2D eigenvalue weighted by molar-refractivity contribution is -0.122. The van der Waals surface area contributed by atoms with E-state index in [9.17, 15) is 14.3 Å². The van der Waals surface area contributed by atoms with Crippen molar-refractivity contribution in [3.05, 3.63) is 82.6 Å². The first-order chi connectivity index (χ1) is 18.9. The number of amides is 1. The minimum atomic E-state index is -1.09. The predicted molar refractivity (Wildman–Crippen MR) is 154 cm³/mol. The molecule has 1 fully saturated rings. The molecule has 0 spiro atoms. The summed E-state index contributed by atoms with van der Waals surface area (Å²) in [7, 11) is 2.12. The SMILES string of the molecule is CN1CCN(CCNC(=O)CC(c2ccc3c(c2)[nH]c2ccccc23)C(O)NCc2cc(Cl)ccc2F)CC1. The number of piperazine rings is 1. The summed E-state index contributed by atoms with van der Waals surface area (Å²) in [6.45, 7) is 5.44. The van der Waals surface area contributed by atoms with Crippen molar-refractivity contribution in [2.45, 2.75) is 25.1 Å². The topological polar surface area (TPSA) is 83.6 Å². The van der Waals surface area contributed by atoms with Crippen molar-refractivity contribution in [2.75, 3.05) is 46.3 Å². The number of H-pyrrole nitrogens is 1. The van der Waals surface area contributed by atoms with E-state index in [0.29, 0.717) is 17.1 Å². The van der Waals surface area contributed by atoms with Gasteiger partial charge < -0.3 is 20.3 Å². The average Bonchev–Trinajstić information content (AvgIpc) is 3.31. The number of carbonyl (C=O) groups excluding carboxylic acids is 1. The lowest BCUT2D eigenvalue weighted by atomic mass is 9.92. The fourth-order valence-corrected chi connectivity index (χ4v) is 5.44. The van der Waals surface area contributed by atoms with Gasteiger partial charge in [-0.1, -0.05) is 41.9 Å². The Morgan fingerprint density at radius 2 is 1.82 bits per heavy atom. The third-order valence-electron chi connectivity index (χ3n) is 7.60. The van der Waals surface area contributed by atoms with Gasteiger partial charge in [0.15, 0.2) is 0 Å². The minimum Gasteiger partial charge on any atom is -0.378 e. The zero-order valence-electron chi connectivity index (χ0n) is 22.1. The van der Waals surface area contributed by atoms with Gasteiger partial charge >= 0.3 is 0 Å². The number of halogens is 2. The van der Waals surface area contributed by atoms with Gasteiger partial charge in [-0.2, -0.15) is 0 Å². The molecule has 4 aromatic rings. The number of fused-ring (bicyclic) bond motifs is 3. The molecule has 7 nitrogen and oxygen atoms in total. The Labute approximate surface area is 232 Å². The summed E-state index contributed by atoms with van der Waals surface area (Å²) in [6.07, 6.45) is -1.01. The van der Waals surface area contributed by atoms with Crippen LogP contribution in [0.1, 0.15) is 23.5 Å². The van der Waals surface area contributed by atoms with E-state index in [1.165, 1.54) is 18.2 Å². The third-order valence-corrected chi connectivity index (χ3v) is 7.84. The van der Waals surface area contributed by atoms with E-state index in [4.69, 9.17) is 11.6 Å². The highest BCUT2D eigenvalue weighted by molar-refractivity contribution is 6.30. The number of benzene rings is 3. The van der Waals surface area contributed by atoms with Crippen molar-refractivity contribution in [1.82, 2.24) is 25.4 Å². The number of rotatable bonds is 10. The molecule has 1 amide bonds. The number of para-hydroxylation sites is 1. The van der Waals surface area contributed by atoms with Crippen LogP contribution in [0.3, 0.4) is 0 Å². The summed E-state index contributed by atoms with van der Waals surface area (Å²) < 4.78 is 14.3. The summed E-state index contributed by atoms with van der Waals surface area (Å²) in [5, 5.41) is 19.9. The molecule has 1 saturated heterocycles. The van der Waals surface area contributed by atoms with Crippen molar-refractivity contribution in [3.8, 4) is 0 Å². The number of aromatic nitrogens is 1. The molecule has 206 valence electrons. The van der Waals surface area contributed by atoms with Gasteiger partial charge in [0.05, 0.1) is 0 Å². The first kappa shape index (κ1) is 27.6. The van der Waals surface area contributed by atoms with Crippen molar-refractivity contribution in [2.24, 2.45) is 0 Å². The third kappa shape index (κ3) is 6.77. The van der Waals surface area contributed by atoms with Gasteiger partial charge in [-0.05, 0) is 42.9 Å². The van der Waals surface area contributed by atoms with Gasteiger partial charge in [0.1, 0.15) is 12.0 Å². The molecule has 9 heteroatoms. The Balaban J connectivity index is 1.31. The molecule has 2 atom stereocenters. The van der Waals surface area contributed by atoms with Crippen LogP contribution in [0.4, 0.5) is 4.39 Å². The summed E-state index contributed by atoms with van der Waals surface area (Å²) >= 11 is 6.04. The fraction of sp³-hybridized carbons (Fsp3) is 0.367. The molecular formula is C30H35ClFN5O2. The van der Waals surface area contributed by atoms with Crippen molar-refractivity contribution in [3.63, 3.8) is 0 Å². The number of aliphatic hydroxyl groups is 1. The molecule has 2 heterocycles. The lowest BCUT2D eigenvalue weighted by Gasteiger charge is -2.32. The number of nitrogens with one attached hydrogen (secondary N) is 3. The number of hydrogen-bond donors (Lipinski definition) is 4. The number of carbonyl (C=O) groups is 1. The number of nitrogens with zero attached hydrogens (tertiary/aromatic N) is 2. The monoisotopic (exact) mass is 551 g/mol. The smallest absolute Gasteiger partial charge is 0.220 e. The second-order valence-electron chi connectivity index (χ2n) is 10.3. The lowest BCUT2D eigenvalue weighted by Crippen LogP contribution is -2.47. The molecule has 4 N–H and O–H groups in total. The maximum absolute atomic E-state index is 14.3. The standard InChI is InChI=1S/C30H35ClFN5O2/c1-36-12-14-37(15-13-36)11-10-33-29(38)18-25(30(39)34-19-21-16-22(31)7-9-26(21)32)20-6-8-24-23-4-2-3-5-27(23)35-28(24)17-20/h2-9,16-17,25,30,34-35,39H,10-15,18-19H2,1H3,(H,33,38). The summed E-state index contributed by atoms with van der Waals surface area (Å²) in [6, 6.07) is 18.4. The highest BCUT2D eigenvalue weighted by Crippen LogP contribution is 2.30. The average molecular weight is 552 g/mol. The number of aromatic amines is 1. The van der Waals surface area contributed by atoms with Gasteiger partial charge in [-0.25, -0.2) is 4.39 Å². The minimum absolute atomic E-state index is 0.0731. The highest BCUT2D eigenvalue weighted by Gasteiger charge is 2.25. The molecule has 3 aromatic carbocycles. The van der Waals surface area contributed by atoms with E-state index < -0.39 is 18.0 Å². The van der Waals surface area contributed by atoms with Crippen molar-refractivity contribution in [1.29, 1.82) is 0 Å². The maximum Gasteiger partial charge on any atom is 0.220 e. The molecule has 1 aliphatic rings. The Morgan fingerprint density at radius 3 is 2.64 bits per heavy atom. The zero-order valence-corrected chi connectivity index (χ0v) is 22.8. The van der Waals surface area contributed by atoms with E-state index in [2.05, 4.69) is 38.5 Å². The van der Waals surface area contributed by atoms with Crippen molar-refractivity contribution >= 4 is 39.3 Å². The van der Waals surface area contributed by atoms with Crippen LogP contribution in [0.15, 0.2) is 60.7 Å². The summed E-state index contributed by atoms with van der Waals surface area (Å²) in [4.78, 5) is 21.1. The molecule has 5 rings (SSSR count). The van der Waals surface area contributed by atoms with Gasteiger partial charge in [0.25, 0.3) is 0 Å². The quantitative estimate of drug-likeness (QED) is 0.223. The van der Waals surface area contributed by atoms with Gasteiger partial charge in [-0.3, -0.25) is 15.0 Å². The predicted octanol–water partition coefficient (Wildman–Crippen LogP) is 4.06. The van der Waals surface area contributed by atoms with Crippen LogP contribution in [-0.4, -0.2) is 78.3 Å². The molecule has 0 aliphatic carbocycles. The largest absolute Gasteiger partial charge is 0.378 e. The van der Waals surface area contributed by atoms with Crippen LogP contribution in [0, 0.1) is 5.82 Å². The van der Waals surface area contributed by atoms with Crippen LogP contribution < -0.4 is 10.6 Å². The normalized spacial score (nSPS) is 16.5. The maximum atomic E-state index is 14.3. The van der Waals surface area contributed by atoms with Gasteiger partial charge in [0, 0.05) is 90.5 Å². The number of aliphatic hydroxyl groups excluding tert-OH is 1. The Kier molecular flexibility index (Phi) is 8.79. The molecule has 0 saturated carbocycles. The molecule has 1 aliphatic heterocycles. The van der Waals surface area contributed by atoms with E-state index in [1.807, 2.05) is 36.4 Å². The van der Waals surface area contributed by atoms with Crippen LogP contribution >= 0.6 is 11.6 Å². The summed E-state index contributed by atoms with van der Waals surface area (Å²) in [5.74, 6) is -1.09. The van der Waals surface area contributed by atoms with E-state index in [0.717, 1.165) is 60.1 Å². The second kappa shape index (κ2) is 12.4. The van der Waals surface area contributed by atoms with E-state index >= 15 is 0 Å². The van der Waals surface area contributed by atoms with Crippen LogP contribution in [0.25, 0.3) is 21.8 Å². The van der Waals surface area contributed by atoms with Crippen LogP contribution in [0.5, 0.6) is 0 Å². The first-order valence-electron chi connectivity index (χ1n) is 13.4. The van der Waals surface area contributed by atoms with Crippen LogP contribution in [-0.2, 0) is 11.3 Å². The zero-order chi connectivity index (χ0) is 27.4. The first-order valence-corrected chi connectivity index (χ1v) is 13.8. The molecule has 0 radical (unpaired) electrons. The Bertz CT molecular complexity index is 1440. The number of likely N-dealkylation sites (N-methyl/N-ethyl adjacent to an activating group) is 1.